The van der Waals surface area contributed by atoms with Crippen molar-refractivity contribution in [1.29, 1.82) is 0 Å². The molecular weight excluding hydrogens is 1550 g/mol. The second-order valence-corrected chi connectivity index (χ2v) is 26.9. The largest absolute Gasteiger partial charge is 0.204 e. The maximum atomic E-state index is 16.0. The highest BCUT2D eigenvalue weighted by molar-refractivity contribution is 5.61. The maximum absolute atomic E-state index is 16.0. The number of rotatable bonds is 20. The molecule has 0 radical (unpaired) electrons. The van der Waals surface area contributed by atoms with E-state index in [4.69, 9.17) is 0 Å². The summed E-state index contributed by atoms with van der Waals surface area (Å²) in [5.41, 5.74) is -4.97. The van der Waals surface area contributed by atoms with Crippen LogP contribution in [0.2, 0.25) is 0 Å². The van der Waals surface area contributed by atoms with Crippen LogP contribution in [0.4, 0.5) is 70.2 Å². The highest BCUT2D eigenvalue weighted by Gasteiger charge is 2.28. The van der Waals surface area contributed by atoms with E-state index < -0.39 is 138 Å². The van der Waals surface area contributed by atoms with Crippen LogP contribution in [0.1, 0.15) is 242 Å². The fourth-order valence-electron chi connectivity index (χ4n) is 11.9. The third-order valence-corrected chi connectivity index (χ3v) is 18.0. The minimum Gasteiger partial charge on any atom is -0.204 e. The lowest BCUT2D eigenvalue weighted by atomic mass is 10.0. The van der Waals surface area contributed by atoms with Crippen molar-refractivity contribution in [2.45, 2.75) is 156 Å². The van der Waals surface area contributed by atoms with Gasteiger partial charge in [0, 0.05) is 44.5 Å². The zero-order valence-corrected chi connectivity index (χ0v) is 65.1. The summed E-state index contributed by atoms with van der Waals surface area (Å²) in [6, 6.07) is 19.1. The van der Waals surface area contributed by atoms with E-state index in [1.54, 1.807) is 48.5 Å². The molecule has 1 aliphatic rings. The van der Waals surface area contributed by atoms with Gasteiger partial charge in [0.25, 0.3) is 0 Å². The van der Waals surface area contributed by atoms with E-state index in [2.05, 4.69) is 189 Å². The first-order chi connectivity index (χ1) is 58.0. The Kier molecular flexibility index (Phi) is 33.7. The lowest BCUT2D eigenvalue weighted by molar-refractivity contribution is 0.430. The van der Waals surface area contributed by atoms with Crippen LogP contribution in [0.25, 0.3) is 0 Å². The number of hydrogen-bond donors (Lipinski definition) is 0. The van der Waals surface area contributed by atoms with Crippen molar-refractivity contribution < 1.29 is 70.2 Å². The van der Waals surface area contributed by atoms with E-state index in [9.17, 15) is 0 Å². The molecule has 0 saturated carbocycles. The van der Waals surface area contributed by atoms with Crippen molar-refractivity contribution in [3.8, 4) is 189 Å². The van der Waals surface area contributed by atoms with Gasteiger partial charge in [0.1, 0.15) is 44.5 Å². The number of benzene rings is 8. The average molecular weight is 1620 g/mol. The number of unbranched alkanes of at least 4 members (excludes halogenated alkanes) is 12. The number of halogens is 16. The average Bonchev–Trinajstić information content (AvgIpc) is 0.804. The molecule has 0 nitrogen and oxygen atoms in total. The van der Waals surface area contributed by atoms with Gasteiger partial charge >= 0.3 is 0 Å². The third-order valence-electron chi connectivity index (χ3n) is 18.0. The van der Waals surface area contributed by atoms with Crippen molar-refractivity contribution in [2.75, 3.05) is 0 Å². The molecule has 592 valence electrons. The molecule has 8 aromatic rings. The van der Waals surface area contributed by atoms with Gasteiger partial charge in [0.2, 0.25) is 0 Å². The smallest absolute Gasteiger partial charge is 0.197 e. The Balaban J connectivity index is 1.15. The molecule has 120 heavy (non-hydrogen) atoms. The van der Waals surface area contributed by atoms with Crippen LogP contribution in [-0.2, 0) is 25.7 Å². The Morgan fingerprint density at radius 1 is 0.150 bits per heavy atom. The Hall–Kier alpha value is -14.4. The van der Waals surface area contributed by atoms with E-state index in [-0.39, 0.29) is 44.5 Å². The molecule has 0 aliphatic heterocycles. The minimum absolute atomic E-state index is 0.249. The van der Waals surface area contributed by atoms with Crippen molar-refractivity contribution in [1.82, 2.24) is 0 Å². The fourth-order valence-corrected chi connectivity index (χ4v) is 11.9. The molecule has 0 spiro atoms. The number of hydrogen-bond acceptors (Lipinski definition) is 0. The summed E-state index contributed by atoms with van der Waals surface area (Å²) < 4.78 is 247. The van der Waals surface area contributed by atoms with Crippen LogP contribution >= 0.6 is 0 Å². The molecule has 9 rings (SSSR count). The summed E-state index contributed by atoms with van der Waals surface area (Å²) >= 11 is 0. The first kappa shape index (κ1) is 89.5. The van der Waals surface area contributed by atoms with Crippen molar-refractivity contribution in [2.24, 2.45) is 0 Å². The molecule has 1 aliphatic carbocycles. The van der Waals surface area contributed by atoms with Gasteiger partial charge < -0.3 is 0 Å². The highest BCUT2D eigenvalue weighted by atomic mass is 19.2. The van der Waals surface area contributed by atoms with E-state index in [1.807, 2.05) is 27.7 Å². The van der Waals surface area contributed by atoms with Crippen LogP contribution < -0.4 is 0 Å². The molecule has 0 aromatic heterocycles. The van der Waals surface area contributed by atoms with Gasteiger partial charge in [-0.2, -0.15) is 0 Å². The highest BCUT2D eigenvalue weighted by Crippen LogP contribution is 2.29. The molecule has 8 aromatic carbocycles. The predicted molar refractivity (Wildman–Crippen MR) is 432 cm³/mol. The van der Waals surface area contributed by atoms with Crippen molar-refractivity contribution in [3.63, 3.8) is 0 Å². The predicted octanol–water partition coefficient (Wildman–Crippen LogP) is 21.9. The number of fused-ring (bicyclic) bond motifs is 16. The molecule has 0 heterocycles. The first-order valence-electron chi connectivity index (χ1n) is 38.2. The first-order valence-corrected chi connectivity index (χ1v) is 38.2. The fraction of sp³-hybridized carbons (Fsp3) is 0.231. The van der Waals surface area contributed by atoms with Crippen LogP contribution in [0, 0.1) is 283 Å². The standard InChI is InChI=1S/C104H64F16/c1-5-9-13-17-37-69-57-73-41-21-29-49-81-89(105)83(95(111)101(117)93(81)109)51-31-23-43-75-59-70(38-18-14-10-6-2)61-77(66-75)45-25-33-53-85-91(107)87(99(115)103(119)97(85)113)55-35-27-47-79-63-72(40-20-16-12-8-4)64-80(68-79)48-28-36-56-88-92(108)86(98(114)104(120)100(88)116)54-34-26-46-78-62-71(39-19-15-11-7-3)60-76(67-78)44-24-32-52-84-90(106)82(94(110)102(118)96(84)112)50-30-22-42-74(58-69)65-73/h57-68H,5-20,37-40H2,1-4H3. The van der Waals surface area contributed by atoms with Gasteiger partial charge in [-0.1, -0.05) is 152 Å². The maximum Gasteiger partial charge on any atom is 0.197 e. The van der Waals surface area contributed by atoms with Crippen molar-refractivity contribution in [3.05, 3.63) is 277 Å². The Morgan fingerprint density at radius 2 is 0.283 bits per heavy atom. The minimum atomic E-state index is -2.10. The summed E-state index contributed by atoms with van der Waals surface area (Å²) in [6.45, 7) is 8.08. The molecule has 0 unspecified atom stereocenters. The molecule has 0 fully saturated rings. The summed E-state index contributed by atoms with van der Waals surface area (Å²) in [5.74, 6) is 44.8. The molecule has 0 saturated heterocycles. The second kappa shape index (κ2) is 45.2. The third kappa shape index (κ3) is 24.8. The van der Waals surface area contributed by atoms with Crippen LogP contribution in [0.15, 0.2) is 72.8 Å². The quantitative estimate of drug-likeness (QED) is 0.0235. The van der Waals surface area contributed by atoms with Gasteiger partial charge in [0.05, 0.1) is 0 Å². The molecule has 0 amide bonds. The molecule has 16 heteroatoms. The van der Waals surface area contributed by atoms with E-state index in [1.165, 1.54) is 24.3 Å². The number of aryl methyl sites for hydroxylation is 4. The SMILES string of the molecule is CCCCCCc1cc2cc(c1)C#CC#Cc1c(F)c(F)c(F)c(c1F)C#CC#Cc1cc(cc(CCCCCC)c1)C#CC#Cc1c(F)c(F)c(F)c(c1F)C#CC#Cc1cc(cc(CCCCCC)c1)C#CC#Cc1c(F)c(F)c(F)c(c1F)C#CC#Cc1cc(cc(CCCCCC)c1)C#CC#Cc1c(F)c(F)c(F)c(c1F)C#CC#C2. The lowest BCUT2D eigenvalue weighted by Crippen LogP contribution is -2.04. The van der Waals surface area contributed by atoms with Gasteiger partial charge in [-0.05, 0) is 289 Å². The zero-order chi connectivity index (χ0) is 86.0. The van der Waals surface area contributed by atoms with Gasteiger partial charge in [-0.25, -0.2) is 70.2 Å². The van der Waals surface area contributed by atoms with Crippen LogP contribution in [0.3, 0.4) is 0 Å². The normalized spacial score (nSPS) is 10.8. The topological polar surface area (TPSA) is 0 Å². The van der Waals surface area contributed by atoms with Gasteiger partial charge in [-0.3, -0.25) is 0 Å². The molecule has 16 bridgehead atoms. The summed E-state index contributed by atoms with van der Waals surface area (Å²) in [4.78, 5) is 0. The van der Waals surface area contributed by atoms with E-state index in [0.717, 1.165) is 103 Å². The van der Waals surface area contributed by atoms with E-state index in [0.29, 0.717) is 47.9 Å². The lowest BCUT2D eigenvalue weighted by Gasteiger charge is -2.04. The van der Waals surface area contributed by atoms with Crippen molar-refractivity contribution >= 4 is 0 Å². The van der Waals surface area contributed by atoms with Crippen LogP contribution in [0.5, 0.6) is 0 Å². The van der Waals surface area contributed by atoms with Gasteiger partial charge in [0.15, 0.2) is 93.1 Å². The monoisotopic (exact) mass is 1620 g/mol. The Morgan fingerprint density at radius 3 is 0.417 bits per heavy atom. The Labute approximate surface area is 689 Å². The summed E-state index contributed by atoms with van der Waals surface area (Å²) in [6.07, 6.45) is 15.7. The second-order valence-electron chi connectivity index (χ2n) is 26.9. The Bertz CT molecular complexity index is 5410. The van der Waals surface area contributed by atoms with E-state index >= 15 is 70.2 Å². The zero-order valence-electron chi connectivity index (χ0n) is 65.1. The van der Waals surface area contributed by atoms with Crippen LogP contribution in [-0.4, -0.2) is 0 Å². The molecular formula is C104H64F16. The molecule has 0 atom stereocenters. The summed E-state index contributed by atoms with van der Waals surface area (Å²) in [7, 11) is 0. The molecule has 0 N–H and O–H groups in total. The van der Waals surface area contributed by atoms with Gasteiger partial charge in [-0.15, -0.1) is 0 Å². The summed E-state index contributed by atoms with van der Waals surface area (Å²) in [5, 5.41) is 0.